The first kappa shape index (κ1) is 19.8. The van der Waals surface area contributed by atoms with E-state index in [2.05, 4.69) is 5.16 Å². The van der Waals surface area contributed by atoms with Gasteiger partial charge in [0, 0.05) is 18.4 Å². The molecular weight excluding hydrogens is 380 g/mol. The van der Waals surface area contributed by atoms with Gasteiger partial charge in [-0.3, -0.25) is 4.79 Å². The highest BCUT2D eigenvalue weighted by Crippen LogP contribution is 2.36. The van der Waals surface area contributed by atoms with E-state index in [0.717, 1.165) is 5.56 Å². The van der Waals surface area contributed by atoms with Crippen LogP contribution in [-0.2, 0) is 21.2 Å². The molecule has 0 aliphatic carbocycles. The van der Waals surface area contributed by atoms with Gasteiger partial charge in [0.05, 0.1) is 10.5 Å². The molecule has 0 saturated heterocycles. The minimum absolute atomic E-state index is 0.00512. The summed E-state index contributed by atoms with van der Waals surface area (Å²) < 4.78 is 28.6. The summed E-state index contributed by atoms with van der Waals surface area (Å²) in [7, 11) is -3.80. The Labute approximate surface area is 162 Å². The van der Waals surface area contributed by atoms with Crippen LogP contribution in [-0.4, -0.2) is 24.7 Å². The van der Waals surface area contributed by atoms with Gasteiger partial charge in [0.25, 0.3) is 0 Å². The van der Waals surface area contributed by atoms with Crippen molar-refractivity contribution in [3.05, 3.63) is 60.4 Å². The molecule has 28 heavy (non-hydrogen) atoms. The fraction of sp³-hybridized carbons (Fsp3) is 0.200. The van der Waals surface area contributed by atoms with Crippen LogP contribution in [0.15, 0.2) is 64.0 Å². The molecule has 0 amide bonds. The summed E-state index contributed by atoms with van der Waals surface area (Å²) in [5, 5.41) is 18.4. The highest BCUT2D eigenvalue weighted by molar-refractivity contribution is 7.89. The lowest BCUT2D eigenvalue weighted by atomic mass is 9.94. The van der Waals surface area contributed by atoms with Crippen LogP contribution in [0.2, 0.25) is 0 Å². The lowest BCUT2D eigenvalue weighted by Gasteiger charge is -2.09. The van der Waals surface area contributed by atoms with Gasteiger partial charge in [-0.25, -0.2) is 13.6 Å². The van der Waals surface area contributed by atoms with Crippen molar-refractivity contribution < 1.29 is 22.8 Å². The zero-order chi connectivity index (χ0) is 20.3. The SMILES string of the molecule is CC(CC(=O)O)Cc1onc(-c2ccccc2)c1-c1ccc(S(N)(=O)=O)cc1. The molecule has 1 aromatic heterocycles. The van der Waals surface area contributed by atoms with E-state index < -0.39 is 16.0 Å². The van der Waals surface area contributed by atoms with Gasteiger partial charge in [0.1, 0.15) is 11.5 Å². The third-order valence-corrected chi connectivity index (χ3v) is 5.27. The number of rotatable bonds is 7. The zero-order valence-corrected chi connectivity index (χ0v) is 16.0. The number of sulfonamides is 1. The number of benzene rings is 2. The van der Waals surface area contributed by atoms with E-state index in [9.17, 15) is 13.2 Å². The van der Waals surface area contributed by atoms with Crippen molar-refractivity contribution in [1.82, 2.24) is 5.16 Å². The first-order chi connectivity index (χ1) is 13.3. The predicted molar refractivity (Wildman–Crippen MR) is 104 cm³/mol. The summed E-state index contributed by atoms with van der Waals surface area (Å²) in [6, 6.07) is 15.6. The summed E-state index contributed by atoms with van der Waals surface area (Å²) in [5.74, 6) is -0.484. The van der Waals surface area contributed by atoms with E-state index >= 15 is 0 Å². The van der Waals surface area contributed by atoms with E-state index in [1.165, 1.54) is 12.1 Å². The number of hydrogen-bond acceptors (Lipinski definition) is 5. The number of aromatic nitrogens is 1. The molecule has 1 heterocycles. The Balaban J connectivity index is 2.08. The van der Waals surface area contributed by atoms with Gasteiger partial charge in [0.2, 0.25) is 10.0 Å². The third-order valence-electron chi connectivity index (χ3n) is 4.34. The van der Waals surface area contributed by atoms with Gasteiger partial charge >= 0.3 is 5.97 Å². The quantitative estimate of drug-likeness (QED) is 0.627. The smallest absolute Gasteiger partial charge is 0.303 e. The number of nitrogens with two attached hydrogens (primary N) is 1. The molecule has 3 aromatic rings. The Morgan fingerprint density at radius 1 is 1.11 bits per heavy atom. The molecule has 146 valence electrons. The molecule has 0 fully saturated rings. The lowest BCUT2D eigenvalue weighted by molar-refractivity contribution is -0.137. The van der Waals surface area contributed by atoms with Crippen molar-refractivity contribution in [1.29, 1.82) is 0 Å². The molecule has 3 N–H and O–H groups in total. The van der Waals surface area contributed by atoms with Crippen molar-refractivity contribution in [2.75, 3.05) is 0 Å². The number of aliphatic carboxylic acids is 1. The van der Waals surface area contributed by atoms with Crippen molar-refractivity contribution >= 4 is 16.0 Å². The maximum absolute atomic E-state index is 11.5. The second kappa shape index (κ2) is 7.95. The minimum Gasteiger partial charge on any atom is -0.481 e. The Morgan fingerprint density at radius 3 is 2.32 bits per heavy atom. The van der Waals surface area contributed by atoms with Crippen molar-refractivity contribution in [2.45, 2.75) is 24.7 Å². The Hall–Kier alpha value is -2.97. The lowest BCUT2D eigenvalue weighted by Crippen LogP contribution is -2.11. The summed E-state index contributed by atoms with van der Waals surface area (Å²) in [5.41, 5.74) is 2.88. The second-order valence-electron chi connectivity index (χ2n) is 6.67. The average Bonchev–Trinajstić information content (AvgIpc) is 3.04. The first-order valence-corrected chi connectivity index (χ1v) is 10.2. The van der Waals surface area contributed by atoms with E-state index in [1.807, 2.05) is 37.3 Å². The third kappa shape index (κ3) is 4.47. The van der Waals surface area contributed by atoms with Crippen molar-refractivity contribution in [3.8, 4) is 22.4 Å². The molecule has 0 spiro atoms. The number of nitrogens with zero attached hydrogens (tertiary/aromatic N) is 1. The zero-order valence-electron chi connectivity index (χ0n) is 15.2. The number of hydrogen-bond donors (Lipinski definition) is 2. The van der Waals surface area contributed by atoms with Crippen LogP contribution in [0.5, 0.6) is 0 Å². The summed E-state index contributed by atoms with van der Waals surface area (Å²) in [6.45, 7) is 1.83. The number of carboxylic acids is 1. The summed E-state index contributed by atoms with van der Waals surface area (Å²) in [6.07, 6.45) is 0.392. The highest BCUT2D eigenvalue weighted by atomic mass is 32.2. The molecule has 0 aliphatic heterocycles. The Bertz CT molecular complexity index is 1070. The van der Waals surface area contributed by atoms with Crippen LogP contribution in [0.1, 0.15) is 19.1 Å². The number of carbonyl (C=O) groups is 1. The van der Waals surface area contributed by atoms with Gasteiger partial charge in [-0.15, -0.1) is 0 Å². The molecule has 0 bridgehead atoms. The molecule has 7 nitrogen and oxygen atoms in total. The minimum atomic E-state index is -3.80. The average molecular weight is 400 g/mol. The van der Waals surface area contributed by atoms with E-state index in [4.69, 9.17) is 14.8 Å². The molecule has 0 radical (unpaired) electrons. The summed E-state index contributed by atoms with van der Waals surface area (Å²) >= 11 is 0. The molecule has 0 saturated carbocycles. The Morgan fingerprint density at radius 2 is 1.75 bits per heavy atom. The molecule has 8 heteroatoms. The maximum atomic E-state index is 11.5. The van der Waals surface area contributed by atoms with Crippen LogP contribution in [0.3, 0.4) is 0 Å². The van der Waals surface area contributed by atoms with Crippen molar-refractivity contribution in [3.63, 3.8) is 0 Å². The molecule has 1 atom stereocenters. The summed E-state index contributed by atoms with van der Waals surface area (Å²) in [4.78, 5) is 11.0. The Kier molecular flexibility index (Phi) is 5.62. The van der Waals surface area contributed by atoms with E-state index in [1.54, 1.807) is 12.1 Å². The fourth-order valence-corrected chi connectivity index (χ4v) is 3.57. The fourth-order valence-electron chi connectivity index (χ4n) is 3.05. The standard InChI is InChI=1S/C20H20N2O5S/c1-13(12-18(23)24)11-17-19(14-7-9-16(10-8-14)28(21,25)26)20(22-27-17)15-5-3-2-4-6-15/h2-10,13H,11-12H2,1H3,(H,23,24)(H2,21,25,26). The van der Waals surface area contributed by atoms with Gasteiger partial charge in [-0.05, 0) is 23.6 Å². The number of primary sulfonamides is 1. The van der Waals surface area contributed by atoms with Gasteiger partial charge < -0.3 is 9.63 Å². The number of carboxylic acid groups (broad SMARTS) is 1. The van der Waals surface area contributed by atoms with Gasteiger partial charge in [-0.1, -0.05) is 54.5 Å². The van der Waals surface area contributed by atoms with Crippen LogP contribution in [0.25, 0.3) is 22.4 Å². The monoisotopic (exact) mass is 400 g/mol. The molecule has 3 rings (SSSR count). The van der Waals surface area contributed by atoms with E-state index in [-0.39, 0.29) is 17.2 Å². The van der Waals surface area contributed by atoms with Gasteiger partial charge in [0.15, 0.2) is 0 Å². The molecule has 1 unspecified atom stereocenters. The predicted octanol–water partition coefficient (Wildman–Crippen LogP) is 3.31. The van der Waals surface area contributed by atoms with Crippen LogP contribution < -0.4 is 5.14 Å². The van der Waals surface area contributed by atoms with Gasteiger partial charge in [-0.2, -0.15) is 0 Å². The molecule has 2 aromatic carbocycles. The van der Waals surface area contributed by atoms with Crippen LogP contribution in [0.4, 0.5) is 0 Å². The van der Waals surface area contributed by atoms with Crippen LogP contribution >= 0.6 is 0 Å². The largest absolute Gasteiger partial charge is 0.481 e. The van der Waals surface area contributed by atoms with E-state index in [0.29, 0.717) is 29.0 Å². The second-order valence-corrected chi connectivity index (χ2v) is 8.23. The van der Waals surface area contributed by atoms with Crippen molar-refractivity contribution in [2.24, 2.45) is 11.1 Å². The maximum Gasteiger partial charge on any atom is 0.303 e. The molecular formula is C20H20N2O5S. The molecule has 0 aliphatic rings. The topological polar surface area (TPSA) is 123 Å². The first-order valence-electron chi connectivity index (χ1n) is 8.64. The van der Waals surface area contributed by atoms with Crippen LogP contribution in [0, 0.1) is 5.92 Å². The normalized spacial score (nSPS) is 12.6. The highest BCUT2D eigenvalue weighted by Gasteiger charge is 2.22.